The minimum Gasteiger partial charge on any atom is -1.00 e. The van der Waals surface area contributed by atoms with Crippen molar-refractivity contribution in [3.05, 3.63) is 0 Å². The molecular formula is C21H37BrClKN2. The number of hydrogen-bond donors (Lipinski definition) is 1. The van der Waals surface area contributed by atoms with Gasteiger partial charge >= 0.3 is 51.4 Å². The van der Waals surface area contributed by atoms with Crippen molar-refractivity contribution in [3.8, 4) is 24.7 Å². The molecule has 4 aliphatic rings. The fourth-order valence-corrected chi connectivity index (χ4v) is 4.03. The van der Waals surface area contributed by atoms with E-state index in [9.17, 15) is 0 Å². The van der Waals surface area contributed by atoms with E-state index in [2.05, 4.69) is 51.8 Å². The molecule has 6 atom stereocenters. The monoisotopic (exact) mass is 470 g/mol. The van der Waals surface area contributed by atoms with Crippen molar-refractivity contribution in [3.63, 3.8) is 0 Å². The van der Waals surface area contributed by atoms with Crippen molar-refractivity contribution >= 4 is 28.3 Å². The molecule has 2 saturated carbocycles. The first kappa shape index (κ1) is 29.6. The van der Waals surface area contributed by atoms with E-state index >= 15 is 0 Å². The maximum Gasteiger partial charge on any atom is 1.00 e. The van der Waals surface area contributed by atoms with Crippen molar-refractivity contribution in [2.75, 3.05) is 38.1 Å². The van der Waals surface area contributed by atoms with Gasteiger partial charge < -0.3 is 11.6 Å². The summed E-state index contributed by atoms with van der Waals surface area (Å²) in [6.45, 7) is 10.5. The molecule has 0 amide bonds. The summed E-state index contributed by atoms with van der Waals surface area (Å²) >= 11 is 3.25. The zero-order valence-electron chi connectivity index (χ0n) is 17.0. The Bertz CT molecular complexity index is 444. The summed E-state index contributed by atoms with van der Waals surface area (Å²) in [5.41, 5.74) is 0. The van der Waals surface area contributed by atoms with Crippen molar-refractivity contribution in [2.24, 2.45) is 35.5 Å². The predicted octanol–water partition coefficient (Wildman–Crippen LogP) is 1.26. The molecule has 0 aromatic carbocycles. The molecule has 2 saturated heterocycles. The Kier molecular flexibility index (Phi) is 17.5. The number of terminal acetylenes is 2. The molecule has 1 N–H and O–H groups in total. The van der Waals surface area contributed by atoms with Gasteiger partial charge in [0.05, 0.1) is 0 Å². The zero-order chi connectivity index (χ0) is 16.8. The number of nitrogens with zero attached hydrogens (tertiary/aromatic N) is 1. The van der Waals surface area contributed by atoms with Gasteiger partial charge in [0.2, 0.25) is 0 Å². The molecule has 146 valence electrons. The first-order valence-electron chi connectivity index (χ1n) is 9.12. The first-order chi connectivity index (χ1) is 11.2. The molecule has 4 rings (SSSR count). The maximum absolute atomic E-state index is 5.37. The van der Waals surface area contributed by atoms with E-state index in [-0.39, 0.29) is 72.6 Å². The van der Waals surface area contributed by atoms with E-state index in [1.54, 1.807) is 0 Å². The fourth-order valence-electron chi connectivity index (χ4n) is 4.03. The number of alkyl halides is 1. The third-order valence-corrected chi connectivity index (χ3v) is 6.27. The van der Waals surface area contributed by atoms with Gasteiger partial charge in [0.25, 0.3) is 0 Å². The summed E-state index contributed by atoms with van der Waals surface area (Å²) < 4.78 is 0. The van der Waals surface area contributed by atoms with Crippen molar-refractivity contribution in [1.29, 1.82) is 0 Å². The topological polar surface area (TPSA) is 15.3 Å². The second-order valence-electron chi connectivity index (χ2n) is 7.15. The zero-order valence-corrected chi connectivity index (χ0v) is 21.5. The van der Waals surface area contributed by atoms with Crippen LogP contribution in [0.3, 0.4) is 0 Å². The molecule has 2 nitrogen and oxygen atoms in total. The smallest absolute Gasteiger partial charge is 1.00 e. The minimum atomic E-state index is 0. The summed E-state index contributed by atoms with van der Waals surface area (Å²) in [6.07, 6.45) is 13.1. The number of halogens is 2. The molecule has 2 aliphatic heterocycles. The summed E-state index contributed by atoms with van der Waals surface area (Å²) in [7, 11) is 0. The van der Waals surface area contributed by atoms with Gasteiger partial charge in [-0.3, -0.25) is 0 Å². The Morgan fingerprint density at radius 1 is 1.00 bits per heavy atom. The van der Waals surface area contributed by atoms with Crippen molar-refractivity contribution in [2.45, 2.75) is 34.1 Å². The van der Waals surface area contributed by atoms with E-state index in [4.69, 9.17) is 12.8 Å². The Morgan fingerprint density at radius 2 is 1.42 bits per heavy atom. The van der Waals surface area contributed by atoms with Gasteiger partial charge in [-0.05, 0) is 56.1 Å². The molecule has 26 heavy (non-hydrogen) atoms. The van der Waals surface area contributed by atoms with Gasteiger partial charge in [-0.25, -0.2) is 0 Å². The average molecular weight is 472 g/mol. The van der Waals surface area contributed by atoms with Gasteiger partial charge in [-0.15, -0.1) is 37.1 Å². The van der Waals surface area contributed by atoms with E-state index in [0.717, 1.165) is 29.0 Å². The van der Waals surface area contributed by atoms with Gasteiger partial charge in [-0.1, -0.05) is 37.2 Å². The molecule has 4 fully saturated rings. The Balaban J connectivity index is -0.000000325. The summed E-state index contributed by atoms with van der Waals surface area (Å²) in [4.78, 5) is 2.54. The van der Waals surface area contributed by atoms with Gasteiger partial charge in [0.1, 0.15) is 0 Å². The van der Waals surface area contributed by atoms with Crippen LogP contribution >= 0.6 is 28.3 Å². The molecule has 0 bridgehead atoms. The van der Waals surface area contributed by atoms with E-state index in [0.29, 0.717) is 11.8 Å². The SMILES string of the molecule is C.C#CC1[C@H]2CN(CCC)C[C@@H]12.C#CC1[C@H]2CNC[C@@H]12.CCCBr.Cl.[H-].[K+]. The van der Waals surface area contributed by atoms with Crippen molar-refractivity contribution < 1.29 is 52.8 Å². The summed E-state index contributed by atoms with van der Waals surface area (Å²) in [6, 6.07) is 0. The Hall–Kier alpha value is 1.45. The largest absolute Gasteiger partial charge is 1.00 e. The van der Waals surface area contributed by atoms with Crippen LogP contribution in [0.15, 0.2) is 0 Å². The number of rotatable bonds is 3. The maximum atomic E-state index is 5.37. The number of nitrogens with one attached hydrogen (secondary N) is 1. The second-order valence-corrected chi connectivity index (χ2v) is 7.94. The summed E-state index contributed by atoms with van der Waals surface area (Å²) in [5, 5.41) is 4.42. The molecule has 2 aliphatic carbocycles. The molecule has 0 aromatic rings. The molecule has 5 heteroatoms. The molecular weight excluding hydrogens is 435 g/mol. The van der Waals surface area contributed by atoms with Crippen LogP contribution in [-0.4, -0.2) is 43.0 Å². The van der Waals surface area contributed by atoms with Crippen molar-refractivity contribution in [1.82, 2.24) is 10.2 Å². The third-order valence-electron chi connectivity index (χ3n) is 5.48. The number of likely N-dealkylation sites (tertiary alicyclic amines) is 1. The van der Waals surface area contributed by atoms with Crippen LogP contribution in [-0.2, 0) is 0 Å². The Morgan fingerprint density at radius 3 is 1.73 bits per heavy atom. The number of piperidine rings is 2. The number of hydrogen-bond acceptors (Lipinski definition) is 2. The van der Waals surface area contributed by atoms with Gasteiger partial charge in [0, 0.05) is 30.3 Å². The normalized spacial score (nSPS) is 34.2. The third kappa shape index (κ3) is 8.06. The molecule has 0 spiro atoms. The van der Waals surface area contributed by atoms with Crippen LogP contribution in [0, 0.1) is 60.2 Å². The predicted molar refractivity (Wildman–Crippen MR) is 117 cm³/mol. The van der Waals surface area contributed by atoms with Crippen LogP contribution in [0.4, 0.5) is 0 Å². The van der Waals surface area contributed by atoms with Gasteiger partial charge in [0.15, 0.2) is 0 Å². The molecule has 2 heterocycles. The molecule has 0 radical (unpaired) electrons. The van der Waals surface area contributed by atoms with Crippen LogP contribution in [0.2, 0.25) is 0 Å². The molecule has 0 aromatic heterocycles. The van der Waals surface area contributed by atoms with E-state index in [1.165, 1.54) is 45.6 Å². The first-order valence-corrected chi connectivity index (χ1v) is 10.2. The van der Waals surface area contributed by atoms with Crippen LogP contribution in [0.1, 0.15) is 35.5 Å². The van der Waals surface area contributed by atoms with Gasteiger partial charge in [-0.2, -0.15) is 0 Å². The Labute approximate surface area is 221 Å². The van der Waals surface area contributed by atoms with E-state index in [1.807, 2.05) is 0 Å². The standard InChI is InChI=1S/C10H15N.C7H9N.C3H7Br.CH4.ClH.K.H/c1-3-5-11-6-9-8(4-2)10(9)7-11;1-2-5-6-3-8-4-7(5)6;1-2-3-4;;;;/h2,8-10H,3,5-7H2,1H3;1,5-8H,3-4H2;2-3H2,1H3;1H4;1H;;/q;;;;;+1;-1/t8?,9-,10+;5?,6-,7+;;;;;. The summed E-state index contributed by atoms with van der Waals surface area (Å²) in [5.74, 6) is 10.4. The van der Waals surface area contributed by atoms with Crippen LogP contribution in [0.5, 0.6) is 0 Å². The average Bonchev–Trinajstić information content (AvgIpc) is 3.26. The van der Waals surface area contributed by atoms with E-state index < -0.39 is 0 Å². The van der Waals surface area contributed by atoms with Crippen LogP contribution in [0.25, 0.3) is 0 Å². The fraction of sp³-hybridized carbons (Fsp3) is 0.810. The quantitative estimate of drug-likeness (QED) is 0.379. The number of fused-ring (bicyclic) bond motifs is 2. The minimum absolute atomic E-state index is 0. The van der Waals surface area contributed by atoms with Crippen LogP contribution < -0.4 is 56.7 Å². The molecule has 2 unspecified atom stereocenters. The second kappa shape index (κ2) is 15.3.